The Kier molecular flexibility index (Phi) is 6.42. The second-order valence-electron chi connectivity index (χ2n) is 5.29. The molecular formula is C14H20ClN3O3. The largest absolute Gasteiger partial charge is 0.397 e. The van der Waals surface area contributed by atoms with E-state index in [1.54, 1.807) is 0 Å². The molecular weight excluding hydrogens is 294 g/mol. The summed E-state index contributed by atoms with van der Waals surface area (Å²) in [5.74, 6) is 0.189. The van der Waals surface area contributed by atoms with E-state index < -0.39 is 10.8 Å². The lowest BCUT2D eigenvalue weighted by molar-refractivity contribution is -0.384. The number of hydrogen-bond acceptors (Lipinski definition) is 4. The molecule has 0 aliphatic rings. The molecule has 0 aliphatic heterocycles. The van der Waals surface area contributed by atoms with Gasteiger partial charge in [-0.1, -0.05) is 38.3 Å². The van der Waals surface area contributed by atoms with Gasteiger partial charge in [0.2, 0.25) is 0 Å². The Bertz CT molecular complexity index is 532. The number of nitrogens with zero attached hydrogens (tertiary/aromatic N) is 1. The third kappa shape index (κ3) is 5.23. The van der Waals surface area contributed by atoms with E-state index in [0.717, 1.165) is 31.4 Å². The summed E-state index contributed by atoms with van der Waals surface area (Å²) in [5, 5.41) is 13.5. The van der Waals surface area contributed by atoms with Gasteiger partial charge in [0.15, 0.2) is 0 Å². The summed E-state index contributed by atoms with van der Waals surface area (Å²) in [6.45, 7) is 4.79. The lowest BCUT2D eigenvalue weighted by atomic mass is 10.1. The summed E-state index contributed by atoms with van der Waals surface area (Å²) >= 11 is 5.82. The fraction of sp³-hybridized carbons (Fsp3) is 0.500. The molecule has 1 aromatic carbocycles. The number of amides is 1. The summed E-state index contributed by atoms with van der Waals surface area (Å²) in [4.78, 5) is 22.2. The number of hydrogen-bond donors (Lipinski definition) is 2. The lowest BCUT2D eigenvalue weighted by Gasteiger charge is -2.09. The lowest BCUT2D eigenvalue weighted by Crippen LogP contribution is -2.25. The molecule has 1 amide bonds. The van der Waals surface area contributed by atoms with Crippen LogP contribution in [0.15, 0.2) is 12.1 Å². The maximum atomic E-state index is 12.0. The highest BCUT2D eigenvalue weighted by atomic mass is 35.5. The van der Waals surface area contributed by atoms with Crippen molar-refractivity contribution in [3.05, 3.63) is 32.8 Å². The highest BCUT2D eigenvalue weighted by Gasteiger charge is 2.18. The van der Waals surface area contributed by atoms with Crippen LogP contribution in [0.5, 0.6) is 0 Å². The molecule has 0 atom stereocenters. The molecule has 1 rings (SSSR count). The number of benzene rings is 1. The number of non-ortho nitro benzene ring substituents is 1. The van der Waals surface area contributed by atoms with Gasteiger partial charge < -0.3 is 11.1 Å². The van der Waals surface area contributed by atoms with Crippen molar-refractivity contribution in [2.24, 2.45) is 5.92 Å². The Morgan fingerprint density at radius 1 is 1.43 bits per heavy atom. The highest BCUT2D eigenvalue weighted by Crippen LogP contribution is 2.28. The Balaban J connectivity index is 2.67. The van der Waals surface area contributed by atoms with Crippen molar-refractivity contribution >= 4 is 28.9 Å². The SMILES string of the molecule is CC(C)CCCCNC(=O)c1cc([N+](=O)[O-])cc(Cl)c1N. The Labute approximate surface area is 128 Å². The fourth-order valence-corrected chi connectivity index (χ4v) is 2.09. The van der Waals surface area contributed by atoms with E-state index in [0.29, 0.717) is 12.5 Å². The molecule has 7 heteroatoms. The van der Waals surface area contributed by atoms with E-state index in [-0.39, 0.29) is 22.0 Å². The molecule has 3 N–H and O–H groups in total. The normalized spacial score (nSPS) is 10.7. The standard InChI is InChI=1S/C14H20ClN3O3/c1-9(2)5-3-4-6-17-14(19)11-7-10(18(20)21)8-12(15)13(11)16/h7-9H,3-6,16H2,1-2H3,(H,17,19). The predicted octanol–water partition coefficient (Wildman–Crippen LogP) is 3.39. The minimum atomic E-state index is -0.606. The van der Waals surface area contributed by atoms with Gasteiger partial charge >= 0.3 is 0 Å². The Hall–Kier alpha value is -1.82. The van der Waals surface area contributed by atoms with Gasteiger partial charge in [-0.25, -0.2) is 0 Å². The van der Waals surface area contributed by atoms with Crippen LogP contribution in [0.3, 0.4) is 0 Å². The number of unbranched alkanes of at least 4 members (excludes halogenated alkanes) is 1. The van der Waals surface area contributed by atoms with E-state index in [4.69, 9.17) is 17.3 Å². The molecule has 0 radical (unpaired) electrons. The van der Waals surface area contributed by atoms with Crippen molar-refractivity contribution in [2.45, 2.75) is 33.1 Å². The van der Waals surface area contributed by atoms with Gasteiger partial charge in [-0.3, -0.25) is 14.9 Å². The van der Waals surface area contributed by atoms with Crippen molar-refractivity contribution < 1.29 is 9.72 Å². The number of halogens is 1. The molecule has 6 nitrogen and oxygen atoms in total. The van der Waals surface area contributed by atoms with Crippen molar-refractivity contribution in [1.29, 1.82) is 0 Å². The molecule has 0 aliphatic carbocycles. The minimum Gasteiger partial charge on any atom is -0.397 e. The molecule has 21 heavy (non-hydrogen) atoms. The van der Waals surface area contributed by atoms with Gasteiger partial charge in [0.1, 0.15) is 0 Å². The monoisotopic (exact) mass is 313 g/mol. The van der Waals surface area contributed by atoms with Crippen molar-refractivity contribution in [2.75, 3.05) is 12.3 Å². The molecule has 0 fully saturated rings. The maximum absolute atomic E-state index is 12.0. The van der Waals surface area contributed by atoms with E-state index in [1.165, 1.54) is 0 Å². The zero-order valence-electron chi connectivity index (χ0n) is 12.2. The highest BCUT2D eigenvalue weighted by molar-refractivity contribution is 6.34. The topological polar surface area (TPSA) is 98.3 Å². The van der Waals surface area contributed by atoms with Crippen LogP contribution in [-0.2, 0) is 0 Å². The number of rotatable bonds is 7. The summed E-state index contributed by atoms with van der Waals surface area (Å²) in [5.41, 5.74) is 5.55. The number of carbonyl (C=O) groups is 1. The number of carbonyl (C=O) groups excluding carboxylic acids is 1. The van der Waals surface area contributed by atoms with Crippen LogP contribution >= 0.6 is 11.6 Å². The number of nitro groups is 1. The Morgan fingerprint density at radius 2 is 2.10 bits per heavy atom. The maximum Gasteiger partial charge on any atom is 0.271 e. The van der Waals surface area contributed by atoms with Gasteiger partial charge in [0.25, 0.3) is 11.6 Å². The van der Waals surface area contributed by atoms with Crippen molar-refractivity contribution in [1.82, 2.24) is 5.32 Å². The first kappa shape index (κ1) is 17.2. The second kappa shape index (κ2) is 7.83. The van der Waals surface area contributed by atoms with Crippen molar-refractivity contribution in [3.63, 3.8) is 0 Å². The summed E-state index contributed by atoms with van der Waals surface area (Å²) < 4.78 is 0. The van der Waals surface area contributed by atoms with Crippen LogP contribution in [-0.4, -0.2) is 17.4 Å². The average molecular weight is 314 g/mol. The van der Waals surface area contributed by atoms with Crippen LogP contribution in [0.1, 0.15) is 43.5 Å². The second-order valence-corrected chi connectivity index (χ2v) is 5.70. The first-order valence-corrected chi connectivity index (χ1v) is 7.22. The number of anilines is 1. The number of nitro benzene ring substituents is 1. The smallest absolute Gasteiger partial charge is 0.271 e. The van der Waals surface area contributed by atoms with Gasteiger partial charge in [-0.2, -0.15) is 0 Å². The third-order valence-electron chi connectivity index (χ3n) is 3.06. The van der Waals surface area contributed by atoms with Gasteiger partial charge in [-0.15, -0.1) is 0 Å². The fourth-order valence-electron chi connectivity index (χ4n) is 1.87. The summed E-state index contributed by atoms with van der Waals surface area (Å²) in [7, 11) is 0. The molecule has 0 aromatic heterocycles. The molecule has 0 spiro atoms. The average Bonchev–Trinajstić information content (AvgIpc) is 2.40. The molecule has 0 heterocycles. The van der Waals surface area contributed by atoms with Crippen LogP contribution in [0.4, 0.5) is 11.4 Å². The van der Waals surface area contributed by atoms with Gasteiger partial charge in [-0.05, 0) is 12.3 Å². The summed E-state index contributed by atoms with van der Waals surface area (Å²) in [6.07, 6.45) is 2.97. The van der Waals surface area contributed by atoms with E-state index in [1.807, 2.05) is 0 Å². The number of nitrogens with two attached hydrogens (primary N) is 1. The van der Waals surface area contributed by atoms with Crippen LogP contribution in [0.2, 0.25) is 5.02 Å². The third-order valence-corrected chi connectivity index (χ3v) is 3.38. The van der Waals surface area contributed by atoms with Crippen LogP contribution < -0.4 is 11.1 Å². The van der Waals surface area contributed by atoms with E-state index in [9.17, 15) is 14.9 Å². The van der Waals surface area contributed by atoms with Gasteiger partial charge in [0.05, 0.1) is 21.2 Å². The zero-order valence-corrected chi connectivity index (χ0v) is 12.9. The predicted molar refractivity (Wildman–Crippen MR) is 83.5 cm³/mol. The number of nitrogen functional groups attached to an aromatic ring is 1. The van der Waals surface area contributed by atoms with E-state index >= 15 is 0 Å². The first-order valence-electron chi connectivity index (χ1n) is 6.84. The van der Waals surface area contributed by atoms with Crippen LogP contribution in [0, 0.1) is 16.0 Å². The molecule has 0 unspecified atom stereocenters. The first-order chi connectivity index (χ1) is 9.82. The van der Waals surface area contributed by atoms with Gasteiger partial charge in [0, 0.05) is 18.7 Å². The molecule has 0 saturated carbocycles. The van der Waals surface area contributed by atoms with E-state index in [2.05, 4.69) is 19.2 Å². The zero-order chi connectivity index (χ0) is 16.0. The quantitative estimate of drug-likeness (QED) is 0.349. The Morgan fingerprint density at radius 3 is 2.67 bits per heavy atom. The summed E-state index contributed by atoms with van der Waals surface area (Å²) in [6, 6.07) is 2.28. The molecule has 1 aromatic rings. The molecule has 0 bridgehead atoms. The van der Waals surface area contributed by atoms with Crippen molar-refractivity contribution in [3.8, 4) is 0 Å². The molecule has 0 saturated heterocycles. The van der Waals surface area contributed by atoms with Crippen LogP contribution in [0.25, 0.3) is 0 Å². The number of nitrogens with one attached hydrogen (secondary N) is 1. The molecule has 116 valence electrons. The minimum absolute atomic E-state index is 0.00848.